The van der Waals surface area contributed by atoms with Gasteiger partial charge >= 0.3 is 11.9 Å². The third-order valence-electron chi connectivity index (χ3n) is 5.70. The van der Waals surface area contributed by atoms with Crippen LogP contribution in [0.4, 0.5) is 0 Å². The number of hydrogen-bond donors (Lipinski definition) is 0. The largest absolute Gasteiger partial charge is 0.465 e. The first-order valence-electron chi connectivity index (χ1n) is 10.9. The summed E-state index contributed by atoms with van der Waals surface area (Å²) in [6.07, 6.45) is 2.48. The molecule has 0 aromatic carbocycles. The molecule has 1 aliphatic rings. The molecule has 2 rings (SSSR count). The maximum atomic E-state index is 12.9. The Kier molecular flexibility index (Phi) is 8.80. The van der Waals surface area contributed by atoms with Gasteiger partial charge in [-0.05, 0) is 72.3 Å². The number of piperidine rings is 1. The van der Waals surface area contributed by atoms with Crippen LogP contribution in [0.5, 0.6) is 0 Å². The Hall–Kier alpha value is -1.77. The van der Waals surface area contributed by atoms with Gasteiger partial charge in [-0.15, -0.1) is 11.3 Å². The molecule has 8 heteroatoms. The lowest BCUT2D eigenvalue weighted by Crippen LogP contribution is -2.60. The molecule has 0 unspecified atom stereocenters. The summed E-state index contributed by atoms with van der Waals surface area (Å²) in [6, 6.07) is 3.62. The number of nitrogens with zero attached hydrogens (tertiary/aromatic N) is 1. The minimum Gasteiger partial charge on any atom is -0.465 e. The average Bonchev–Trinajstić information content (AvgIpc) is 3.20. The fourth-order valence-corrected chi connectivity index (χ4v) is 5.31. The zero-order valence-electron chi connectivity index (χ0n) is 19.4. The van der Waals surface area contributed by atoms with E-state index in [1.54, 1.807) is 19.9 Å². The van der Waals surface area contributed by atoms with Gasteiger partial charge in [-0.25, -0.2) is 0 Å². The minimum atomic E-state index is -1.30. The number of hydroxylamine groups is 2. The summed E-state index contributed by atoms with van der Waals surface area (Å²) < 4.78 is 10.4. The van der Waals surface area contributed by atoms with E-state index in [-0.39, 0.29) is 24.3 Å². The molecule has 1 fully saturated rings. The van der Waals surface area contributed by atoms with E-state index in [0.29, 0.717) is 11.2 Å². The molecule has 0 radical (unpaired) electrons. The molecule has 174 valence electrons. The highest BCUT2D eigenvalue weighted by atomic mass is 32.1. The molecule has 1 aromatic rings. The van der Waals surface area contributed by atoms with Gasteiger partial charge in [0.05, 0.1) is 19.1 Å². The van der Waals surface area contributed by atoms with E-state index in [9.17, 15) is 14.4 Å². The number of esters is 2. The van der Waals surface area contributed by atoms with Crippen LogP contribution in [0.3, 0.4) is 0 Å². The first kappa shape index (κ1) is 25.5. The molecule has 7 nitrogen and oxygen atoms in total. The minimum absolute atomic E-state index is 0.116. The van der Waals surface area contributed by atoms with Crippen molar-refractivity contribution in [2.24, 2.45) is 5.92 Å². The van der Waals surface area contributed by atoms with Crippen LogP contribution in [0, 0.1) is 5.92 Å². The Balaban J connectivity index is 2.50. The number of carbonyl (C=O) groups is 3. The van der Waals surface area contributed by atoms with E-state index in [1.165, 1.54) is 11.3 Å². The monoisotopic (exact) mass is 453 g/mol. The highest BCUT2D eigenvalue weighted by molar-refractivity contribution is 7.10. The molecule has 0 saturated carbocycles. The van der Waals surface area contributed by atoms with Crippen molar-refractivity contribution in [2.45, 2.75) is 83.9 Å². The Morgan fingerprint density at radius 3 is 2.06 bits per heavy atom. The number of ether oxygens (including phenoxy) is 2. The highest BCUT2D eigenvalue weighted by Crippen LogP contribution is 2.41. The molecule has 0 aliphatic carbocycles. The van der Waals surface area contributed by atoms with Crippen molar-refractivity contribution < 1.29 is 28.7 Å². The predicted octanol–water partition coefficient (Wildman–Crippen LogP) is 4.12. The van der Waals surface area contributed by atoms with Crippen molar-refractivity contribution in [3.8, 4) is 0 Å². The van der Waals surface area contributed by atoms with Crippen LogP contribution in [0.1, 0.15) is 71.6 Å². The van der Waals surface area contributed by atoms with Crippen LogP contribution in [-0.2, 0) is 28.7 Å². The number of thiophene rings is 1. The third-order valence-corrected chi connectivity index (χ3v) is 6.68. The molecular formula is C23H35NO6S. The van der Waals surface area contributed by atoms with Gasteiger partial charge in [-0.2, -0.15) is 5.06 Å². The molecule has 0 amide bonds. The summed E-state index contributed by atoms with van der Waals surface area (Å²) in [5.74, 6) is -3.59. The van der Waals surface area contributed by atoms with E-state index < -0.39 is 29.9 Å². The summed E-state index contributed by atoms with van der Waals surface area (Å²) in [4.78, 5) is 45.1. The Morgan fingerprint density at radius 2 is 1.65 bits per heavy atom. The lowest BCUT2D eigenvalue weighted by atomic mass is 9.82. The van der Waals surface area contributed by atoms with Gasteiger partial charge in [-0.3, -0.25) is 14.4 Å². The second-order valence-electron chi connectivity index (χ2n) is 9.00. The summed E-state index contributed by atoms with van der Waals surface area (Å²) in [5, 5.41) is 3.71. The Morgan fingerprint density at radius 1 is 1.10 bits per heavy atom. The summed E-state index contributed by atoms with van der Waals surface area (Å²) in [5.41, 5.74) is -0.626. The molecule has 31 heavy (non-hydrogen) atoms. The van der Waals surface area contributed by atoms with Crippen molar-refractivity contribution >= 4 is 29.6 Å². The molecule has 0 spiro atoms. The Labute approximate surface area is 189 Å². The van der Waals surface area contributed by atoms with Gasteiger partial charge in [0.25, 0.3) is 0 Å². The smallest absolute Gasteiger partial charge is 0.321 e. The van der Waals surface area contributed by atoms with Crippen molar-refractivity contribution in [3.05, 3.63) is 22.4 Å². The number of hydrogen-bond acceptors (Lipinski definition) is 8. The number of rotatable bonds is 10. The van der Waals surface area contributed by atoms with E-state index in [1.807, 2.05) is 16.5 Å². The highest BCUT2D eigenvalue weighted by Gasteiger charge is 2.48. The lowest BCUT2D eigenvalue weighted by molar-refractivity contribution is -0.300. The fourth-order valence-electron chi connectivity index (χ4n) is 4.41. The van der Waals surface area contributed by atoms with Gasteiger partial charge in [0.15, 0.2) is 12.2 Å². The van der Waals surface area contributed by atoms with Crippen molar-refractivity contribution in [1.82, 2.24) is 5.06 Å². The zero-order chi connectivity index (χ0) is 23.2. The molecular weight excluding hydrogens is 418 g/mol. The van der Waals surface area contributed by atoms with Crippen LogP contribution < -0.4 is 0 Å². The second kappa shape index (κ2) is 10.7. The number of aldehydes is 1. The summed E-state index contributed by atoms with van der Waals surface area (Å²) in [6.45, 7) is 11.9. The van der Waals surface area contributed by atoms with Crippen LogP contribution in [-0.4, -0.2) is 53.7 Å². The van der Waals surface area contributed by atoms with Crippen molar-refractivity contribution in [3.63, 3.8) is 0 Å². The van der Waals surface area contributed by atoms with Gasteiger partial charge < -0.3 is 14.3 Å². The molecule has 2 atom stereocenters. The first-order chi connectivity index (χ1) is 14.6. The van der Waals surface area contributed by atoms with E-state index in [4.69, 9.17) is 14.3 Å². The fraction of sp³-hybridized carbons (Fsp3) is 0.696. The first-order valence-corrected chi connectivity index (χ1v) is 11.8. The average molecular weight is 454 g/mol. The van der Waals surface area contributed by atoms with Crippen LogP contribution >= 0.6 is 11.3 Å². The quantitative estimate of drug-likeness (QED) is 0.299. The predicted molar refractivity (Wildman–Crippen MR) is 119 cm³/mol. The maximum absolute atomic E-state index is 12.9. The molecule has 0 N–H and O–H groups in total. The standard InChI is InChI=1S/C23H35NO6S/c1-7-28-20(26)19(21(27)29-8-2)18(17-11-9-14-31-17)16(15-25)30-24-22(3,4)12-10-13-23(24,5)6/h9,11,14-16,18-19H,7-8,10,12-13H2,1-6H3/t16-,18+/m1/s1. The topological polar surface area (TPSA) is 82.1 Å². The van der Waals surface area contributed by atoms with Gasteiger partial charge in [-0.1, -0.05) is 6.07 Å². The normalized spacial score (nSPS) is 20.1. The SMILES string of the molecule is CCOC(=O)C(C(=O)OCC)[C@H](c1cccs1)[C@@H](C=O)ON1C(C)(C)CCCC1(C)C. The lowest BCUT2D eigenvalue weighted by Gasteiger charge is -2.52. The molecule has 2 heterocycles. The van der Waals surface area contributed by atoms with Crippen LogP contribution in [0.25, 0.3) is 0 Å². The number of carbonyl (C=O) groups excluding carboxylic acids is 3. The van der Waals surface area contributed by atoms with E-state index in [0.717, 1.165) is 19.3 Å². The van der Waals surface area contributed by atoms with Crippen molar-refractivity contribution in [1.29, 1.82) is 0 Å². The van der Waals surface area contributed by atoms with E-state index in [2.05, 4.69) is 27.7 Å². The van der Waals surface area contributed by atoms with Crippen molar-refractivity contribution in [2.75, 3.05) is 13.2 Å². The molecule has 1 aromatic heterocycles. The Bertz CT molecular complexity index is 711. The summed E-state index contributed by atoms with van der Waals surface area (Å²) >= 11 is 1.36. The van der Waals surface area contributed by atoms with Crippen LogP contribution in [0.2, 0.25) is 0 Å². The van der Waals surface area contributed by atoms with E-state index >= 15 is 0 Å². The second-order valence-corrected chi connectivity index (χ2v) is 9.98. The maximum Gasteiger partial charge on any atom is 0.321 e. The molecule has 0 bridgehead atoms. The van der Waals surface area contributed by atoms with Gasteiger partial charge in [0, 0.05) is 16.0 Å². The van der Waals surface area contributed by atoms with Gasteiger partial charge in [0.1, 0.15) is 6.10 Å². The molecule has 1 saturated heterocycles. The van der Waals surface area contributed by atoms with Gasteiger partial charge in [0.2, 0.25) is 0 Å². The van der Waals surface area contributed by atoms with Crippen LogP contribution in [0.15, 0.2) is 17.5 Å². The third kappa shape index (κ3) is 5.93. The summed E-state index contributed by atoms with van der Waals surface area (Å²) in [7, 11) is 0. The zero-order valence-corrected chi connectivity index (χ0v) is 20.2. The molecule has 1 aliphatic heterocycles.